The maximum absolute atomic E-state index is 13.1. The normalized spacial score (nSPS) is 18.2. The molecule has 0 amide bonds. The van der Waals surface area contributed by atoms with Gasteiger partial charge in [0.15, 0.2) is 0 Å². The van der Waals surface area contributed by atoms with Crippen molar-refractivity contribution in [3.8, 4) is 0 Å². The summed E-state index contributed by atoms with van der Waals surface area (Å²) in [7, 11) is -3.92. The van der Waals surface area contributed by atoms with Crippen LogP contribution in [0, 0.1) is 0 Å². The topological polar surface area (TPSA) is 74.7 Å². The monoisotopic (exact) mass is 357 g/mol. The summed E-state index contributed by atoms with van der Waals surface area (Å²) in [6.07, 6.45) is 0.513. The van der Waals surface area contributed by atoms with Crippen molar-refractivity contribution >= 4 is 21.6 Å². The summed E-state index contributed by atoms with van der Waals surface area (Å²) >= 11 is 0. The summed E-state index contributed by atoms with van der Waals surface area (Å²) in [5.41, 5.74) is 2.04. The lowest BCUT2D eigenvalue weighted by Crippen LogP contribution is -2.46. The fraction of sp³-hybridized carbons (Fsp3) is 0.211. The molecule has 25 heavy (non-hydrogen) atoms. The van der Waals surface area contributed by atoms with Crippen molar-refractivity contribution in [2.24, 2.45) is 0 Å². The quantitative estimate of drug-likeness (QED) is 0.913. The molecule has 1 aliphatic rings. The smallest absolute Gasteiger partial charge is 0.322 e. The van der Waals surface area contributed by atoms with Gasteiger partial charge in [0.2, 0.25) is 10.0 Å². The molecule has 0 unspecified atom stereocenters. The van der Waals surface area contributed by atoms with Gasteiger partial charge in [-0.15, -0.1) is 0 Å². The van der Waals surface area contributed by atoms with Crippen LogP contribution in [0.2, 0.25) is 0 Å². The zero-order chi connectivity index (χ0) is 18.0. The largest absolute Gasteiger partial charge is 0.480 e. The van der Waals surface area contributed by atoms with Crippen LogP contribution in [0.5, 0.6) is 0 Å². The first-order valence-electron chi connectivity index (χ1n) is 7.97. The van der Waals surface area contributed by atoms with Crippen LogP contribution in [0.25, 0.3) is 5.57 Å². The first-order valence-corrected chi connectivity index (χ1v) is 9.41. The summed E-state index contributed by atoms with van der Waals surface area (Å²) < 4.78 is 27.4. The average Bonchev–Trinajstić information content (AvgIpc) is 2.70. The van der Waals surface area contributed by atoms with Gasteiger partial charge in [0.25, 0.3) is 0 Å². The van der Waals surface area contributed by atoms with Crippen LogP contribution in [0.3, 0.4) is 0 Å². The minimum Gasteiger partial charge on any atom is -0.480 e. The third kappa shape index (κ3) is 3.36. The molecule has 130 valence electrons. The molecule has 0 saturated heterocycles. The summed E-state index contributed by atoms with van der Waals surface area (Å²) in [6, 6.07) is 14.5. The Morgan fingerprint density at radius 1 is 1.12 bits per heavy atom. The average molecular weight is 357 g/mol. The van der Waals surface area contributed by atoms with E-state index in [1.54, 1.807) is 30.3 Å². The van der Waals surface area contributed by atoms with E-state index in [0.29, 0.717) is 17.6 Å². The molecule has 6 heteroatoms. The van der Waals surface area contributed by atoms with Gasteiger partial charge in [-0.1, -0.05) is 55.1 Å². The molecule has 0 fully saturated rings. The lowest BCUT2D eigenvalue weighted by Gasteiger charge is -2.27. The zero-order valence-electron chi connectivity index (χ0n) is 13.6. The van der Waals surface area contributed by atoms with Crippen LogP contribution in [0.1, 0.15) is 17.5 Å². The van der Waals surface area contributed by atoms with Gasteiger partial charge in [0.05, 0.1) is 4.90 Å². The fourth-order valence-corrected chi connectivity index (χ4v) is 4.91. The second kappa shape index (κ2) is 6.82. The van der Waals surface area contributed by atoms with Crippen LogP contribution < -0.4 is 0 Å². The number of carboxylic acids is 1. The molecule has 0 spiro atoms. The molecule has 1 heterocycles. The molecule has 0 aliphatic carbocycles. The van der Waals surface area contributed by atoms with Gasteiger partial charge in [-0.2, -0.15) is 4.31 Å². The van der Waals surface area contributed by atoms with Gasteiger partial charge in [0, 0.05) is 6.54 Å². The number of benzene rings is 2. The Balaban J connectivity index is 2.05. The molecule has 2 aromatic rings. The summed E-state index contributed by atoms with van der Waals surface area (Å²) in [6.45, 7) is 4.06. The Bertz CT molecular complexity index is 906. The summed E-state index contributed by atoms with van der Waals surface area (Å²) in [4.78, 5) is 12.0. The fourth-order valence-electron chi connectivity index (χ4n) is 3.08. The second-order valence-electron chi connectivity index (χ2n) is 6.01. The lowest BCUT2D eigenvalue weighted by atomic mass is 10.0. The molecule has 3 rings (SSSR count). The molecule has 0 bridgehead atoms. The third-order valence-corrected chi connectivity index (χ3v) is 6.36. The molecular formula is C19H19NO4S. The Hall–Kier alpha value is -2.44. The molecule has 1 aliphatic heterocycles. The summed E-state index contributed by atoms with van der Waals surface area (Å²) in [5.74, 6) is -1.16. The zero-order valence-corrected chi connectivity index (χ0v) is 14.4. The number of sulfonamides is 1. The molecule has 5 nitrogen and oxygen atoms in total. The van der Waals surface area contributed by atoms with Crippen molar-refractivity contribution < 1.29 is 18.3 Å². The SMILES string of the molecule is C=C1CCN([C@@H](Cc2ccccc2)C(=O)O)S(=O)(=O)c2ccccc21. The first-order chi connectivity index (χ1) is 11.9. The predicted octanol–water partition coefficient (Wildman–Crippen LogP) is 2.79. The van der Waals surface area contributed by atoms with E-state index >= 15 is 0 Å². The second-order valence-corrected chi connectivity index (χ2v) is 7.87. The van der Waals surface area contributed by atoms with Crippen LogP contribution in [0.4, 0.5) is 0 Å². The van der Waals surface area contributed by atoms with Gasteiger partial charge >= 0.3 is 5.97 Å². The van der Waals surface area contributed by atoms with Crippen LogP contribution in [-0.2, 0) is 21.2 Å². The van der Waals surface area contributed by atoms with Gasteiger partial charge in [0.1, 0.15) is 6.04 Å². The minimum atomic E-state index is -3.92. The first kappa shape index (κ1) is 17.4. The molecule has 0 aromatic heterocycles. The highest BCUT2D eigenvalue weighted by atomic mass is 32.2. The van der Waals surface area contributed by atoms with Gasteiger partial charge < -0.3 is 5.11 Å². The Kier molecular flexibility index (Phi) is 4.74. The number of carbonyl (C=O) groups is 1. The van der Waals surface area contributed by atoms with Crippen molar-refractivity contribution in [2.75, 3.05) is 6.54 Å². The van der Waals surface area contributed by atoms with Crippen molar-refractivity contribution in [1.82, 2.24) is 4.31 Å². The lowest BCUT2D eigenvalue weighted by molar-refractivity contribution is -0.141. The maximum atomic E-state index is 13.1. The van der Waals surface area contributed by atoms with Crippen LogP contribution >= 0.6 is 0 Å². The molecule has 1 N–H and O–H groups in total. The Labute approximate surface area is 147 Å². The number of nitrogens with zero attached hydrogens (tertiary/aromatic N) is 1. The van der Waals surface area contributed by atoms with Crippen LogP contribution in [-0.4, -0.2) is 36.4 Å². The van der Waals surface area contributed by atoms with Crippen molar-refractivity contribution in [2.45, 2.75) is 23.8 Å². The predicted molar refractivity (Wildman–Crippen MR) is 95.6 cm³/mol. The van der Waals surface area contributed by atoms with E-state index in [0.717, 1.165) is 9.87 Å². The highest BCUT2D eigenvalue weighted by Gasteiger charge is 2.38. The van der Waals surface area contributed by atoms with E-state index in [9.17, 15) is 18.3 Å². The molecule has 2 aromatic carbocycles. The van der Waals surface area contributed by atoms with Crippen molar-refractivity contribution in [1.29, 1.82) is 0 Å². The highest BCUT2D eigenvalue weighted by Crippen LogP contribution is 2.33. The van der Waals surface area contributed by atoms with E-state index < -0.39 is 22.0 Å². The van der Waals surface area contributed by atoms with Crippen LogP contribution in [0.15, 0.2) is 66.1 Å². The molecule has 0 saturated carbocycles. The standard InChI is InChI=1S/C19H19NO4S/c1-14-11-12-20(25(23,24)18-10-6-5-9-16(14)18)17(19(21)22)13-15-7-3-2-4-8-15/h2-10,17H,1,11-13H2,(H,21,22)/t17-/m0/s1. The number of carboxylic acid groups (broad SMARTS) is 1. The Morgan fingerprint density at radius 3 is 2.44 bits per heavy atom. The van der Waals surface area contributed by atoms with E-state index in [1.807, 2.05) is 18.2 Å². The minimum absolute atomic E-state index is 0.0969. The van der Waals surface area contributed by atoms with Crippen molar-refractivity contribution in [3.63, 3.8) is 0 Å². The van der Waals surface area contributed by atoms with E-state index in [1.165, 1.54) is 6.07 Å². The van der Waals surface area contributed by atoms with E-state index in [2.05, 4.69) is 6.58 Å². The molecule has 1 atom stereocenters. The maximum Gasteiger partial charge on any atom is 0.322 e. The van der Waals surface area contributed by atoms with Gasteiger partial charge in [-0.25, -0.2) is 8.42 Å². The highest BCUT2D eigenvalue weighted by molar-refractivity contribution is 7.89. The number of hydrogen-bond acceptors (Lipinski definition) is 3. The molecular weight excluding hydrogens is 338 g/mol. The number of rotatable bonds is 4. The number of fused-ring (bicyclic) bond motifs is 1. The van der Waals surface area contributed by atoms with Crippen molar-refractivity contribution in [3.05, 3.63) is 72.3 Å². The third-order valence-electron chi connectivity index (χ3n) is 4.39. The van der Waals surface area contributed by atoms with Gasteiger partial charge in [-0.05, 0) is 35.6 Å². The molecule has 0 radical (unpaired) electrons. The van der Waals surface area contributed by atoms with E-state index in [4.69, 9.17) is 0 Å². The van der Waals surface area contributed by atoms with E-state index in [-0.39, 0.29) is 17.9 Å². The number of aliphatic carboxylic acids is 1. The Morgan fingerprint density at radius 2 is 1.76 bits per heavy atom. The summed E-state index contributed by atoms with van der Waals surface area (Å²) in [5, 5.41) is 9.70. The van der Waals surface area contributed by atoms with Gasteiger partial charge in [-0.3, -0.25) is 4.79 Å². The number of hydrogen-bond donors (Lipinski definition) is 1.